The van der Waals surface area contributed by atoms with Gasteiger partial charge in [-0.15, -0.1) is 0 Å². The highest BCUT2D eigenvalue weighted by molar-refractivity contribution is 7.89. The summed E-state index contributed by atoms with van der Waals surface area (Å²) in [5.41, 5.74) is 2.01. The lowest BCUT2D eigenvalue weighted by Crippen LogP contribution is -2.43. The van der Waals surface area contributed by atoms with Gasteiger partial charge in [-0.1, -0.05) is 18.2 Å². The van der Waals surface area contributed by atoms with Crippen LogP contribution in [0.5, 0.6) is 5.75 Å². The van der Waals surface area contributed by atoms with Crippen molar-refractivity contribution in [1.29, 1.82) is 0 Å². The van der Waals surface area contributed by atoms with E-state index < -0.39 is 22.0 Å². The fraction of sp³-hybridized carbons (Fsp3) is 0.364. The van der Waals surface area contributed by atoms with E-state index in [9.17, 15) is 18.0 Å². The zero-order chi connectivity index (χ0) is 22.2. The van der Waals surface area contributed by atoms with Crippen LogP contribution in [0, 0.1) is 12.8 Å². The molecular weight excluding hydrogens is 418 g/mol. The molecule has 0 unspecified atom stereocenters. The number of hydrogen-bond acceptors (Lipinski definition) is 5. The molecule has 0 bridgehead atoms. The average Bonchev–Trinajstić information content (AvgIpc) is 2.76. The molecule has 9 heteroatoms. The van der Waals surface area contributed by atoms with Crippen LogP contribution in [0.2, 0.25) is 0 Å². The summed E-state index contributed by atoms with van der Waals surface area (Å²) in [7, 11) is -3.83. The molecule has 8 nitrogen and oxygen atoms in total. The number of benzene rings is 2. The number of aryl methyl sites for hydroxylation is 1. The van der Waals surface area contributed by atoms with Crippen LogP contribution < -0.4 is 15.4 Å². The minimum atomic E-state index is -3.83. The fourth-order valence-electron chi connectivity index (χ4n) is 3.82. The van der Waals surface area contributed by atoms with Crippen LogP contribution in [0.4, 0.5) is 11.4 Å². The molecule has 0 aromatic heterocycles. The summed E-state index contributed by atoms with van der Waals surface area (Å²) in [5.74, 6) is -0.521. The summed E-state index contributed by atoms with van der Waals surface area (Å²) in [4.78, 5) is 24.7. The molecule has 2 aromatic rings. The number of carbonyl (C=O) groups excluding carboxylic acids is 2. The van der Waals surface area contributed by atoms with Crippen molar-refractivity contribution in [1.82, 2.24) is 4.31 Å². The third-order valence-corrected chi connectivity index (χ3v) is 7.54. The Bertz CT molecular complexity index is 1130. The summed E-state index contributed by atoms with van der Waals surface area (Å²) >= 11 is 0. The highest BCUT2D eigenvalue weighted by Gasteiger charge is 2.34. The predicted molar refractivity (Wildman–Crippen MR) is 116 cm³/mol. The minimum absolute atomic E-state index is 0.0599. The van der Waals surface area contributed by atoms with E-state index in [-0.39, 0.29) is 23.3 Å². The van der Waals surface area contributed by atoms with Gasteiger partial charge in [0.05, 0.1) is 16.5 Å². The van der Waals surface area contributed by atoms with E-state index in [0.29, 0.717) is 30.8 Å². The number of anilines is 2. The predicted octanol–water partition coefficient (Wildman–Crippen LogP) is 2.75. The number of para-hydroxylation sites is 1. The third kappa shape index (κ3) is 4.28. The molecule has 0 aliphatic carbocycles. The van der Waals surface area contributed by atoms with Gasteiger partial charge in [0, 0.05) is 18.8 Å². The first-order valence-electron chi connectivity index (χ1n) is 10.2. The number of rotatable bonds is 4. The molecule has 1 fully saturated rings. The monoisotopic (exact) mass is 443 g/mol. The van der Waals surface area contributed by atoms with E-state index in [4.69, 9.17) is 4.74 Å². The Balaban J connectivity index is 1.51. The fourth-order valence-corrected chi connectivity index (χ4v) is 5.37. The largest absolute Gasteiger partial charge is 0.479 e. The van der Waals surface area contributed by atoms with E-state index >= 15 is 0 Å². The number of piperidine rings is 1. The number of nitrogens with zero attached hydrogens (tertiary/aromatic N) is 1. The highest BCUT2D eigenvalue weighted by Crippen LogP contribution is 2.33. The van der Waals surface area contributed by atoms with Crippen LogP contribution >= 0.6 is 0 Å². The van der Waals surface area contributed by atoms with E-state index in [2.05, 4.69) is 10.6 Å². The smallest absolute Gasteiger partial charge is 0.265 e. The van der Waals surface area contributed by atoms with E-state index in [1.54, 1.807) is 13.0 Å². The Morgan fingerprint density at radius 2 is 2.00 bits per heavy atom. The number of sulfonamides is 1. The molecule has 2 aliphatic heterocycles. The lowest BCUT2D eigenvalue weighted by molar-refractivity contribution is -0.123. The van der Waals surface area contributed by atoms with Gasteiger partial charge in [0.25, 0.3) is 5.91 Å². The zero-order valence-electron chi connectivity index (χ0n) is 17.4. The molecule has 2 aliphatic rings. The molecule has 0 saturated carbocycles. The number of carbonyl (C=O) groups is 2. The van der Waals surface area contributed by atoms with Crippen LogP contribution in [0.3, 0.4) is 0 Å². The molecule has 2 aromatic carbocycles. The Morgan fingerprint density at radius 1 is 1.23 bits per heavy atom. The van der Waals surface area contributed by atoms with Gasteiger partial charge in [-0.2, -0.15) is 4.31 Å². The van der Waals surface area contributed by atoms with Crippen molar-refractivity contribution in [2.24, 2.45) is 5.92 Å². The van der Waals surface area contributed by atoms with E-state index in [0.717, 1.165) is 11.3 Å². The van der Waals surface area contributed by atoms with Gasteiger partial charge >= 0.3 is 0 Å². The molecule has 2 heterocycles. The SMILES string of the molecule is Cc1ccccc1NC(=O)[C@@H]1CCCN(S(=O)(=O)c2ccc3c(c2)NC(=O)[C@H](C)O3)C1. The van der Waals surface area contributed by atoms with Crippen LogP contribution in [-0.2, 0) is 19.6 Å². The van der Waals surface area contributed by atoms with Crippen molar-refractivity contribution in [3.63, 3.8) is 0 Å². The molecule has 0 spiro atoms. The second-order valence-corrected chi connectivity index (χ2v) is 9.85. The molecule has 1 saturated heterocycles. The normalized spacial score (nSPS) is 21.5. The molecule has 2 N–H and O–H groups in total. The van der Waals surface area contributed by atoms with Gasteiger partial charge in [0.2, 0.25) is 15.9 Å². The van der Waals surface area contributed by atoms with Crippen molar-refractivity contribution in [3.8, 4) is 5.75 Å². The average molecular weight is 444 g/mol. The quantitative estimate of drug-likeness (QED) is 0.756. The maximum atomic E-state index is 13.2. The maximum Gasteiger partial charge on any atom is 0.265 e. The summed E-state index contributed by atoms with van der Waals surface area (Å²) in [6.45, 7) is 3.98. The first kappa shape index (κ1) is 21.3. The number of nitrogens with one attached hydrogen (secondary N) is 2. The third-order valence-electron chi connectivity index (χ3n) is 5.68. The van der Waals surface area contributed by atoms with E-state index in [1.165, 1.54) is 16.4 Å². The Labute approximate surface area is 181 Å². The molecule has 4 rings (SSSR count). The maximum absolute atomic E-state index is 13.2. The summed E-state index contributed by atoms with van der Waals surface area (Å²) in [5, 5.41) is 5.59. The molecular formula is C22H25N3O5S. The van der Waals surface area contributed by atoms with Crippen molar-refractivity contribution in [2.75, 3.05) is 23.7 Å². The molecule has 2 amide bonds. The van der Waals surface area contributed by atoms with Gasteiger partial charge < -0.3 is 15.4 Å². The number of fused-ring (bicyclic) bond motifs is 1. The summed E-state index contributed by atoms with van der Waals surface area (Å²) in [6.07, 6.45) is 0.577. The summed E-state index contributed by atoms with van der Waals surface area (Å²) in [6, 6.07) is 11.9. The topological polar surface area (TPSA) is 105 Å². The number of ether oxygens (including phenoxy) is 1. The van der Waals surface area contributed by atoms with Crippen LogP contribution in [0.15, 0.2) is 47.4 Å². The minimum Gasteiger partial charge on any atom is -0.479 e. The van der Waals surface area contributed by atoms with Gasteiger partial charge in [0.15, 0.2) is 6.10 Å². The van der Waals surface area contributed by atoms with Crippen LogP contribution in [-0.4, -0.2) is 43.7 Å². The Morgan fingerprint density at radius 3 is 2.77 bits per heavy atom. The van der Waals surface area contributed by atoms with Crippen molar-refractivity contribution < 1.29 is 22.7 Å². The second kappa shape index (κ2) is 8.32. The van der Waals surface area contributed by atoms with Crippen LogP contribution in [0.25, 0.3) is 0 Å². The van der Waals surface area contributed by atoms with Crippen molar-refractivity contribution in [2.45, 2.75) is 37.7 Å². The van der Waals surface area contributed by atoms with Crippen molar-refractivity contribution >= 4 is 33.2 Å². The molecule has 164 valence electrons. The second-order valence-electron chi connectivity index (χ2n) is 7.91. The number of hydrogen-bond donors (Lipinski definition) is 2. The first-order valence-corrected chi connectivity index (χ1v) is 11.7. The van der Waals surface area contributed by atoms with Gasteiger partial charge in [-0.25, -0.2) is 8.42 Å². The molecule has 31 heavy (non-hydrogen) atoms. The first-order chi connectivity index (χ1) is 14.8. The van der Waals surface area contributed by atoms with Gasteiger partial charge in [-0.05, 0) is 56.5 Å². The van der Waals surface area contributed by atoms with Crippen molar-refractivity contribution in [3.05, 3.63) is 48.0 Å². The zero-order valence-corrected chi connectivity index (χ0v) is 18.2. The Kier molecular flexibility index (Phi) is 5.72. The Hall–Kier alpha value is -2.91. The highest BCUT2D eigenvalue weighted by atomic mass is 32.2. The lowest BCUT2D eigenvalue weighted by atomic mass is 9.98. The van der Waals surface area contributed by atoms with Gasteiger partial charge in [0.1, 0.15) is 5.75 Å². The standard InChI is InChI=1S/C22H25N3O5S/c1-14-6-3-4-8-18(14)23-22(27)16-7-5-11-25(13-16)31(28,29)17-9-10-20-19(12-17)24-21(26)15(2)30-20/h3-4,6,8-10,12,15-16H,5,7,11,13H2,1-2H3,(H,23,27)(H,24,26)/t15-,16+/m0/s1. The number of amides is 2. The van der Waals surface area contributed by atoms with Crippen LogP contribution in [0.1, 0.15) is 25.3 Å². The van der Waals surface area contributed by atoms with E-state index in [1.807, 2.05) is 31.2 Å². The molecule has 2 atom stereocenters. The molecule has 0 radical (unpaired) electrons. The summed E-state index contributed by atoms with van der Waals surface area (Å²) < 4.78 is 33.3. The lowest BCUT2D eigenvalue weighted by Gasteiger charge is -2.31. The van der Waals surface area contributed by atoms with Gasteiger partial charge in [-0.3, -0.25) is 9.59 Å².